The Balaban J connectivity index is 2.69. The fourth-order valence-corrected chi connectivity index (χ4v) is 1.84. The molecule has 0 radical (unpaired) electrons. The molecule has 0 atom stereocenters. The van der Waals surface area contributed by atoms with Gasteiger partial charge in [-0.3, -0.25) is 4.79 Å². The van der Waals surface area contributed by atoms with Crippen LogP contribution in [0.1, 0.15) is 17.3 Å². The lowest BCUT2D eigenvalue weighted by molar-refractivity contribution is 0.0524. The van der Waals surface area contributed by atoms with E-state index in [4.69, 9.17) is 4.74 Å². The average Bonchev–Trinajstić information content (AvgIpc) is 2.38. The number of esters is 1. The molecule has 19 heavy (non-hydrogen) atoms. The van der Waals surface area contributed by atoms with E-state index in [1.807, 2.05) is 0 Å². The second-order valence-corrected chi connectivity index (χ2v) is 3.90. The van der Waals surface area contributed by atoms with Crippen molar-refractivity contribution in [1.82, 2.24) is 4.98 Å². The van der Waals surface area contributed by atoms with Crippen LogP contribution in [0.15, 0.2) is 23.0 Å². The van der Waals surface area contributed by atoms with Gasteiger partial charge < -0.3 is 15.0 Å². The number of fused-ring (bicyclic) bond motifs is 1. The summed E-state index contributed by atoms with van der Waals surface area (Å²) in [4.78, 5) is 26.0. The zero-order valence-corrected chi connectivity index (χ0v) is 10.5. The molecule has 0 saturated heterocycles. The van der Waals surface area contributed by atoms with Crippen molar-refractivity contribution in [1.29, 1.82) is 0 Å². The van der Waals surface area contributed by atoms with E-state index in [2.05, 4.69) is 10.3 Å². The maximum atomic E-state index is 13.4. The number of rotatable bonds is 3. The van der Waals surface area contributed by atoms with Crippen molar-refractivity contribution in [3.63, 3.8) is 0 Å². The molecule has 0 aliphatic rings. The lowest BCUT2D eigenvalue weighted by Gasteiger charge is -2.08. The number of carbonyl (C=O) groups is 1. The maximum absolute atomic E-state index is 13.4. The van der Waals surface area contributed by atoms with E-state index < -0.39 is 17.3 Å². The quantitative estimate of drug-likeness (QED) is 0.830. The van der Waals surface area contributed by atoms with E-state index in [0.717, 1.165) is 0 Å². The normalized spacial score (nSPS) is 10.5. The van der Waals surface area contributed by atoms with Gasteiger partial charge in [-0.1, -0.05) is 0 Å². The number of H-pyrrole nitrogens is 1. The number of halogens is 1. The zero-order chi connectivity index (χ0) is 14.0. The van der Waals surface area contributed by atoms with E-state index in [9.17, 15) is 14.0 Å². The molecule has 5 nitrogen and oxygen atoms in total. The summed E-state index contributed by atoms with van der Waals surface area (Å²) in [5, 5.41) is 3.21. The van der Waals surface area contributed by atoms with Crippen LogP contribution < -0.4 is 10.9 Å². The first-order chi connectivity index (χ1) is 9.06. The van der Waals surface area contributed by atoms with Gasteiger partial charge in [0.2, 0.25) is 0 Å². The second kappa shape index (κ2) is 5.09. The Labute approximate surface area is 108 Å². The summed E-state index contributed by atoms with van der Waals surface area (Å²) in [6.45, 7) is 1.81. The van der Waals surface area contributed by atoms with Crippen LogP contribution in [0.25, 0.3) is 10.9 Å². The van der Waals surface area contributed by atoms with Crippen LogP contribution in [0.3, 0.4) is 0 Å². The minimum absolute atomic E-state index is 0.137. The number of aromatic nitrogens is 1. The summed E-state index contributed by atoms with van der Waals surface area (Å²) in [5.74, 6) is -1.18. The van der Waals surface area contributed by atoms with Gasteiger partial charge in [0.15, 0.2) is 0 Å². The molecular weight excluding hydrogens is 251 g/mol. The molecular formula is C13H13FN2O3. The van der Waals surface area contributed by atoms with Crippen molar-refractivity contribution < 1.29 is 13.9 Å². The molecule has 0 fully saturated rings. The van der Waals surface area contributed by atoms with Crippen LogP contribution in [-0.4, -0.2) is 24.6 Å². The zero-order valence-electron chi connectivity index (χ0n) is 10.5. The van der Waals surface area contributed by atoms with E-state index in [0.29, 0.717) is 16.6 Å². The summed E-state index contributed by atoms with van der Waals surface area (Å²) in [7, 11) is 1.62. The number of pyridine rings is 1. The molecule has 0 aliphatic heterocycles. The molecule has 100 valence electrons. The molecule has 6 heteroatoms. The summed E-state index contributed by atoms with van der Waals surface area (Å²) in [5.41, 5.74) is 0.195. The van der Waals surface area contributed by atoms with E-state index in [1.54, 1.807) is 14.0 Å². The average molecular weight is 264 g/mol. The molecule has 0 amide bonds. The van der Waals surface area contributed by atoms with Gasteiger partial charge in [-0.25, -0.2) is 9.18 Å². The minimum Gasteiger partial charge on any atom is -0.462 e. The molecule has 1 aromatic heterocycles. The second-order valence-electron chi connectivity index (χ2n) is 3.90. The predicted molar refractivity (Wildman–Crippen MR) is 70.0 cm³/mol. The molecule has 2 aromatic rings. The number of hydrogen-bond acceptors (Lipinski definition) is 4. The Hall–Kier alpha value is -2.37. The van der Waals surface area contributed by atoms with Gasteiger partial charge in [0.05, 0.1) is 17.8 Å². The highest BCUT2D eigenvalue weighted by Crippen LogP contribution is 2.22. The molecule has 0 saturated carbocycles. The molecule has 0 aliphatic carbocycles. The Kier molecular flexibility index (Phi) is 3.50. The standard InChI is InChI=1S/C13H13FN2O3/c1-3-19-13(18)9-5-7-4-8(14)6-10(15-2)11(7)16-12(9)17/h4-6,15H,3H2,1-2H3,(H,16,17). The first-order valence-corrected chi connectivity index (χ1v) is 5.78. The van der Waals surface area contributed by atoms with Crippen LogP contribution in [0, 0.1) is 5.82 Å². The number of hydrogen-bond donors (Lipinski definition) is 2. The van der Waals surface area contributed by atoms with Crippen LogP contribution in [0.5, 0.6) is 0 Å². The minimum atomic E-state index is -0.721. The molecule has 0 unspecified atom stereocenters. The van der Waals surface area contributed by atoms with Gasteiger partial charge in [0.1, 0.15) is 11.4 Å². The van der Waals surface area contributed by atoms with E-state index >= 15 is 0 Å². The highest BCUT2D eigenvalue weighted by molar-refractivity contribution is 5.97. The Bertz CT molecular complexity index is 694. The van der Waals surface area contributed by atoms with Crippen LogP contribution in [0.4, 0.5) is 10.1 Å². The van der Waals surface area contributed by atoms with Crippen molar-refractivity contribution >= 4 is 22.6 Å². The van der Waals surface area contributed by atoms with Gasteiger partial charge in [-0.15, -0.1) is 0 Å². The monoisotopic (exact) mass is 264 g/mol. The molecule has 0 spiro atoms. The van der Waals surface area contributed by atoms with Gasteiger partial charge in [-0.05, 0) is 25.1 Å². The molecule has 2 rings (SSSR count). The van der Waals surface area contributed by atoms with Crippen LogP contribution in [0.2, 0.25) is 0 Å². The number of anilines is 1. The third-order valence-electron chi connectivity index (χ3n) is 2.68. The van der Waals surface area contributed by atoms with Gasteiger partial charge in [0, 0.05) is 12.4 Å². The molecule has 1 heterocycles. The summed E-state index contributed by atoms with van der Waals surface area (Å²) in [6.07, 6.45) is 0. The number of aromatic amines is 1. The van der Waals surface area contributed by atoms with Crippen molar-refractivity contribution in [2.45, 2.75) is 6.92 Å². The van der Waals surface area contributed by atoms with Crippen molar-refractivity contribution in [3.8, 4) is 0 Å². The maximum Gasteiger partial charge on any atom is 0.343 e. The van der Waals surface area contributed by atoms with E-state index in [-0.39, 0.29) is 12.2 Å². The predicted octanol–water partition coefficient (Wildman–Crippen LogP) is 1.89. The third-order valence-corrected chi connectivity index (χ3v) is 2.68. The van der Waals surface area contributed by atoms with Gasteiger partial charge in [-0.2, -0.15) is 0 Å². The highest BCUT2D eigenvalue weighted by Gasteiger charge is 2.14. The fourth-order valence-electron chi connectivity index (χ4n) is 1.84. The Morgan fingerprint density at radius 2 is 2.16 bits per heavy atom. The third kappa shape index (κ3) is 2.42. The lowest BCUT2D eigenvalue weighted by Crippen LogP contribution is -2.19. The van der Waals surface area contributed by atoms with Crippen molar-refractivity contribution in [2.75, 3.05) is 19.0 Å². The number of nitrogens with one attached hydrogen (secondary N) is 2. The van der Waals surface area contributed by atoms with E-state index in [1.165, 1.54) is 18.2 Å². The van der Waals surface area contributed by atoms with Crippen LogP contribution >= 0.6 is 0 Å². The topological polar surface area (TPSA) is 71.2 Å². The number of ether oxygens (including phenoxy) is 1. The lowest BCUT2D eigenvalue weighted by atomic mass is 10.1. The first-order valence-electron chi connectivity index (χ1n) is 5.78. The smallest absolute Gasteiger partial charge is 0.343 e. The highest BCUT2D eigenvalue weighted by atomic mass is 19.1. The largest absolute Gasteiger partial charge is 0.462 e. The molecule has 0 bridgehead atoms. The van der Waals surface area contributed by atoms with Crippen molar-refractivity contribution in [3.05, 3.63) is 39.9 Å². The Morgan fingerprint density at radius 1 is 1.42 bits per heavy atom. The summed E-state index contributed by atoms with van der Waals surface area (Å²) < 4.78 is 18.2. The summed E-state index contributed by atoms with van der Waals surface area (Å²) in [6, 6.07) is 3.84. The number of benzene rings is 1. The van der Waals surface area contributed by atoms with Crippen molar-refractivity contribution in [2.24, 2.45) is 0 Å². The van der Waals surface area contributed by atoms with Gasteiger partial charge >= 0.3 is 5.97 Å². The van der Waals surface area contributed by atoms with Crippen LogP contribution in [-0.2, 0) is 4.74 Å². The Morgan fingerprint density at radius 3 is 2.79 bits per heavy atom. The molecule has 2 N–H and O–H groups in total. The fraction of sp³-hybridized carbons (Fsp3) is 0.231. The SMILES string of the molecule is CCOC(=O)c1cc2cc(F)cc(NC)c2[nH]c1=O. The summed E-state index contributed by atoms with van der Waals surface area (Å²) >= 11 is 0. The first kappa shape index (κ1) is 13.1. The number of carbonyl (C=O) groups excluding carboxylic acids is 1. The molecule has 1 aromatic carbocycles. The van der Waals surface area contributed by atoms with Gasteiger partial charge in [0.25, 0.3) is 5.56 Å².